The largest absolute Gasteiger partial charge is 0.359 e. The molecular weight excluding hydrogens is 685 g/mol. The smallest absolute Gasteiger partial charge is 0.145 e. The minimum absolute atomic E-state index is 0.270. The van der Waals surface area contributed by atoms with Crippen LogP contribution in [0.5, 0.6) is 0 Å². The highest BCUT2D eigenvalue weighted by Gasteiger charge is 2.23. The van der Waals surface area contributed by atoms with Gasteiger partial charge in [0.2, 0.25) is 0 Å². The molecule has 9 aromatic rings. The van der Waals surface area contributed by atoms with Crippen LogP contribution in [0.2, 0.25) is 0 Å². The van der Waals surface area contributed by atoms with Gasteiger partial charge in [0.15, 0.2) is 0 Å². The third-order valence-corrected chi connectivity index (χ3v) is 11.7. The quantitative estimate of drug-likeness (QED) is 0.174. The average molecular weight is 721 g/mol. The molecule has 2 heterocycles. The summed E-state index contributed by atoms with van der Waals surface area (Å²) in [5.41, 5.74) is 14.8. The summed E-state index contributed by atoms with van der Waals surface area (Å²) < 4.78 is 2.59. The molecule has 1 aliphatic rings. The van der Waals surface area contributed by atoms with Gasteiger partial charge in [-0.25, -0.2) is 0 Å². The molecule has 0 bridgehead atoms. The summed E-state index contributed by atoms with van der Waals surface area (Å²) in [7, 11) is 0. The van der Waals surface area contributed by atoms with Gasteiger partial charge in [-0.1, -0.05) is 170 Å². The van der Waals surface area contributed by atoms with Crippen LogP contribution in [-0.2, 0) is 0 Å². The SMILES string of the molecule is C1=C(c2ccccc2-c2ccccc2)NC(c2ccccc2)N=C1c1cc(-c2ccccc2-c2ccccc2)cc(-c2cccc3sc4ccccc4c23)c1. The topological polar surface area (TPSA) is 24.4 Å². The molecule has 0 aliphatic carbocycles. The minimum atomic E-state index is -0.270. The summed E-state index contributed by atoms with van der Waals surface area (Å²) >= 11 is 1.86. The molecule has 1 aliphatic heterocycles. The first-order chi connectivity index (χ1) is 27.3. The van der Waals surface area contributed by atoms with Gasteiger partial charge in [-0.15, -0.1) is 11.3 Å². The van der Waals surface area contributed by atoms with Crippen molar-refractivity contribution in [2.75, 3.05) is 0 Å². The van der Waals surface area contributed by atoms with Gasteiger partial charge in [-0.05, 0) is 86.5 Å². The highest BCUT2D eigenvalue weighted by molar-refractivity contribution is 7.25. The molecule has 0 saturated heterocycles. The number of nitrogens with zero attached hydrogens (tertiary/aromatic N) is 1. The summed E-state index contributed by atoms with van der Waals surface area (Å²) in [5, 5.41) is 6.42. The minimum Gasteiger partial charge on any atom is -0.359 e. The maximum atomic E-state index is 5.48. The normalized spacial score (nSPS) is 14.0. The second kappa shape index (κ2) is 14.2. The fourth-order valence-corrected chi connectivity index (χ4v) is 9.07. The van der Waals surface area contributed by atoms with E-state index in [1.54, 1.807) is 0 Å². The molecule has 1 unspecified atom stereocenters. The zero-order chi connectivity index (χ0) is 36.6. The lowest BCUT2D eigenvalue weighted by atomic mass is 9.88. The molecule has 260 valence electrons. The molecule has 55 heavy (non-hydrogen) atoms. The zero-order valence-electron chi connectivity index (χ0n) is 30.1. The zero-order valence-corrected chi connectivity index (χ0v) is 30.9. The Kier molecular flexibility index (Phi) is 8.47. The van der Waals surface area contributed by atoms with Gasteiger partial charge in [0.05, 0.1) is 5.71 Å². The van der Waals surface area contributed by atoms with E-state index in [0.717, 1.165) is 33.7 Å². The Morgan fingerprint density at radius 2 is 0.891 bits per heavy atom. The van der Waals surface area contributed by atoms with Crippen molar-refractivity contribution in [1.82, 2.24) is 5.32 Å². The number of thiophene rings is 1. The molecule has 1 atom stereocenters. The first-order valence-electron chi connectivity index (χ1n) is 18.7. The second-order valence-corrected chi connectivity index (χ2v) is 15.0. The summed E-state index contributed by atoms with van der Waals surface area (Å²) in [6.45, 7) is 0. The van der Waals surface area contributed by atoms with Crippen LogP contribution >= 0.6 is 11.3 Å². The van der Waals surface area contributed by atoms with Gasteiger partial charge in [0, 0.05) is 37.0 Å². The van der Waals surface area contributed by atoms with E-state index in [1.165, 1.54) is 59.1 Å². The Morgan fingerprint density at radius 3 is 1.58 bits per heavy atom. The number of aliphatic imine (C=N–C) groups is 1. The van der Waals surface area contributed by atoms with E-state index in [0.29, 0.717) is 0 Å². The highest BCUT2D eigenvalue weighted by Crippen LogP contribution is 2.43. The van der Waals surface area contributed by atoms with Gasteiger partial charge in [-0.2, -0.15) is 0 Å². The van der Waals surface area contributed by atoms with Crippen molar-refractivity contribution < 1.29 is 0 Å². The summed E-state index contributed by atoms with van der Waals surface area (Å²) in [4.78, 5) is 5.48. The van der Waals surface area contributed by atoms with Gasteiger partial charge in [0.25, 0.3) is 0 Å². The number of hydrogen-bond donors (Lipinski definition) is 1. The molecule has 3 heteroatoms. The van der Waals surface area contributed by atoms with Crippen LogP contribution in [0.15, 0.2) is 211 Å². The number of hydrogen-bond acceptors (Lipinski definition) is 3. The Morgan fingerprint density at radius 1 is 0.400 bits per heavy atom. The molecule has 8 aromatic carbocycles. The van der Waals surface area contributed by atoms with Gasteiger partial charge in [-0.3, -0.25) is 4.99 Å². The number of allylic oxidation sites excluding steroid dienone is 1. The molecule has 0 fully saturated rings. The van der Waals surface area contributed by atoms with Gasteiger partial charge in [0.1, 0.15) is 6.17 Å². The molecule has 10 rings (SSSR count). The van der Waals surface area contributed by atoms with Crippen LogP contribution in [0, 0.1) is 0 Å². The number of rotatable bonds is 7. The van der Waals surface area contributed by atoms with E-state index in [-0.39, 0.29) is 6.17 Å². The fourth-order valence-electron chi connectivity index (χ4n) is 7.93. The lowest BCUT2D eigenvalue weighted by Gasteiger charge is -2.26. The fraction of sp³-hybridized carbons (Fsp3) is 0.0192. The van der Waals surface area contributed by atoms with Crippen LogP contribution in [-0.4, -0.2) is 5.71 Å². The Hall–Kier alpha value is -6.81. The Bertz CT molecular complexity index is 2890. The van der Waals surface area contributed by atoms with Crippen molar-refractivity contribution >= 4 is 42.9 Å². The monoisotopic (exact) mass is 720 g/mol. The van der Waals surface area contributed by atoms with Crippen LogP contribution in [0.1, 0.15) is 22.9 Å². The Labute approximate surface area is 325 Å². The third kappa shape index (κ3) is 6.25. The summed E-state index contributed by atoms with van der Waals surface area (Å²) in [6.07, 6.45) is 1.97. The van der Waals surface area contributed by atoms with E-state index in [2.05, 4.69) is 212 Å². The molecule has 0 spiro atoms. The lowest BCUT2D eigenvalue weighted by molar-refractivity contribution is 0.664. The molecule has 1 aromatic heterocycles. The van der Waals surface area contributed by atoms with Crippen LogP contribution < -0.4 is 5.32 Å². The third-order valence-electron chi connectivity index (χ3n) is 10.5. The van der Waals surface area contributed by atoms with Gasteiger partial charge < -0.3 is 5.32 Å². The van der Waals surface area contributed by atoms with Crippen molar-refractivity contribution in [3.63, 3.8) is 0 Å². The van der Waals surface area contributed by atoms with Crippen molar-refractivity contribution in [1.29, 1.82) is 0 Å². The van der Waals surface area contributed by atoms with E-state index in [1.807, 2.05) is 11.3 Å². The summed E-state index contributed by atoms with van der Waals surface area (Å²) in [6, 6.07) is 71.9. The number of nitrogens with one attached hydrogen (secondary N) is 1. The standard InChI is InChI=1S/C52H36N2S/c1-4-17-35(18-5-1)41-23-10-11-25-43(41)38-31-39(44-28-16-30-50-51(44)46-27-14-15-29-49(46)55-50)33-40(32-38)47-34-48(54-52(53-47)37-21-8-3-9-22-37)45-26-13-12-24-42(45)36-19-6-2-7-20-36/h1-34,52,54H. The van der Waals surface area contributed by atoms with E-state index in [4.69, 9.17) is 4.99 Å². The molecule has 0 amide bonds. The van der Waals surface area contributed by atoms with Crippen molar-refractivity contribution in [2.24, 2.45) is 4.99 Å². The molecule has 0 radical (unpaired) electrons. The average Bonchev–Trinajstić information content (AvgIpc) is 3.66. The second-order valence-electron chi connectivity index (χ2n) is 13.9. The van der Waals surface area contributed by atoms with Crippen molar-refractivity contribution in [3.8, 4) is 44.5 Å². The predicted octanol–water partition coefficient (Wildman–Crippen LogP) is 13.9. The Balaban J connectivity index is 1.22. The maximum absolute atomic E-state index is 5.48. The van der Waals surface area contributed by atoms with E-state index in [9.17, 15) is 0 Å². The van der Waals surface area contributed by atoms with Crippen LogP contribution in [0.3, 0.4) is 0 Å². The lowest BCUT2D eigenvalue weighted by Crippen LogP contribution is -2.25. The molecular formula is C52H36N2S. The predicted molar refractivity (Wildman–Crippen MR) is 234 cm³/mol. The molecule has 2 nitrogen and oxygen atoms in total. The van der Waals surface area contributed by atoms with E-state index < -0.39 is 0 Å². The van der Waals surface area contributed by atoms with Gasteiger partial charge >= 0.3 is 0 Å². The van der Waals surface area contributed by atoms with Crippen molar-refractivity contribution in [3.05, 3.63) is 223 Å². The van der Waals surface area contributed by atoms with Crippen LogP contribution in [0.25, 0.3) is 70.4 Å². The van der Waals surface area contributed by atoms with E-state index >= 15 is 0 Å². The number of benzene rings is 8. The molecule has 0 saturated carbocycles. The highest BCUT2D eigenvalue weighted by atomic mass is 32.1. The van der Waals surface area contributed by atoms with Crippen LogP contribution in [0.4, 0.5) is 0 Å². The van der Waals surface area contributed by atoms with Crippen molar-refractivity contribution in [2.45, 2.75) is 6.17 Å². The maximum Gasteiger partial charge on any atom is 0.145 e. The molecule has 1 N–H and O–H groups in total. The first kappa shape index (κ1) is 32.8. The number of fused-ring (bicyclic) bond motifs is 3. The summed E-state index contributed by atoms with van der Waals surface area (Å²) in [5.74, 6) is 0. The first-order valence-corrected chi connectivity index (χ1v) is 19.6.